The van der Waals surface area contributed by atoms with Gasteiger partial charge in [-0.2, -0.15) is 5.43 Å². The average Bonchev–Trinajstić information content (AvgIpc) is 1.99. The van der Waals surface area contributed by atoms with E-state index in [0.29, 0.717) is 17.7 Å². The molecule has 2 N–H and O–H groups in total. The van der Waals surface area contributed by atoms with Crippen LogP contribution in [0.5, 0.6) is 0 Å². The fraction of sp³-hybridized carbons (Fsp3) is 0.583. The summed E-state index contributed by atoms with van der Waals surface area (Å²) in [5.74, 6) is -0.220. The summed E-state index contributed by atoms with van der Waals surface area (Å²) in [5.41, 5.74) is 2.87. The van der Waals surface area contributed by atoms with Crippen LogP contribution >= 0.6 is 0 Å². The molecule has 0 bridgehead atoms. The molecule has 1 atom stereocenters. The molecule has 4 nitrogen and oxygen atoms in total. The number of amides is 1. The van der Waals surface area contributed by atoms with Gasteiger partial charge >= 0.3 is 0 Å². The van der Waals surface area contributed by atoms with Gasteiger partial charge in [0.2, 0.25) is 0 Å². The molecular weight excluding hydrogens is 204 g/mol. The van der Waals surface area contributed by atoms with Gasteiger partial charge in [-0.05, 0) is 26.3 Å². The van der Waals surface area contributed by atoms with Crippen LogP contribution in [0.1, 0.15) is 20.8 Å². The number of nitrogens with zero attached hydrogens (tertiary/aromatic N) is 1. The molecule has 0 aromatic rings. The Morgan fingerprint density at radius 2 is 1.81 bits per heavy atom. The molecule has 92 valence electrons. The fourth-order valence-electron chi connectivity index (χ4n) is 1.31. The molecule has 0 aliphatic rings. The molecule has 0 fully saturated rings. The van der Waals surface area contributed by atoms with Crippen LogP contribution in [0.25, 0.3) is 0 Å². The maximum Gasteiger partial charge on any atom is 0.290 e. The normalized spacial score (nSPS) is 15.1. The summed E-state index contributed by atoms with van der Waals surface area (Å²) in [6.07, 6.45) is 0. The number of aliphatic hydroxyl groups is 1. The third-order valence-electron chi connectivity index (χ3n) is 2.41. The van der Waals surface area contributed by atoms with Crippen molar-refractivity contribution in [2.24, 2.45) is 0 Å². The van der Waals surface area contributed by atoms with Gasteiger partial charge in [-0.1, -0.05) is 13.2 Å². The molecule has 1 amide bonds. The maximum absolute atomic E-state index is 11.5. The Balaban J connectivity index is 4.64. The fourth-order valence-corrected chi connectivity index (χ4v) is 1.31. The van der Waals surface area contributed by atoms with Crippen LogP contribution < -0.4 is 5.43 Å². The van der Waals surface area contributed by atoms with E-state index in [-0.39, 0.29) is 10.5 Å². The van der Waals surface area contributed by atoms with E-state index in [1.807, 2.05) is 0 Å². The standard InChI is InChI=1S/C12H22N2O2/c1-9(2)11(15)13-14(6,7)8-12(5,16)10(3)4/h16H,1,3,8H2,2,4-7H3/p+1. The Morgan fingerprint density at radius 1 is 1.38 bits per heavy atom. The zero-order valence-corrected chi connectivity index (χ0v) is 10.9. The van der Waals surface area contributed by atoms with Gasteiger partial charge in [0, 0.05) is 5.57 Å². The lowest BCUT2D eigenvalue weighted by atomic mass is 9.98. The Hall–Kier alpha value is -1.13. The van der Waals surface area contributed by atoms with E-state index in [9.17, 15) is 9.90 Å². The second kappa shape index (κ2) is 4.80. The largest absolute Gasteiger partial charge is 0.380 e. The van der Waals surface area contributed by atoms with E-state index in [2.05, 4.69) is 18.6 Å². The number of likely N-dealkylation sites (N-methyl/N-ethyl adjacent to an activating group) is 1. The average molecular weight is 227 g/mol. The summed E-state index contributed by atoms with van der Waals surface area (Å²) in [7, 11) is 3.61. The molecular formula is C12H23N2O2+. The molecule has 0 aromatic heterocycles. The van der Waals surface area contributed by atoms with Crippen molar-refractivity contribution in [2.45, 2.75) is 26.4 Å². The van der Waals surface area contributed by atoms with Gasteiger partial charge in [-0.25, -0.2) is 4.59 Å². The lowest BCUT2D eigenvalue weighted by Gasteiger charge is -2.35. The number of rotatable bonds is 5. The molecule has 0 rings (SSSR count). The van der Waals surface area contributed by atoms with E-state index >= 15 is 0 Å². The highest BCUT2D eigenvalue weighted by molar-refractivity contribution is 5.91. The first-order chi connectivity index (χ1) is 6.98. The number of carbonyl (C=O) groups is 1. The second-order valence-electron chi connectivity index (χ2n) is 5.12. The highest BCUT2D eigenvalue weighted by atomic mass is 16.3. The summed E-state index contributed by atoms with van der Waals surface area (Å²) in [4.78, 5) is 11.5. The summed E-state index contributed by atoms with van der Waals surface area (Å²) >= 11 is 0. The van der Waals surface area contributed by atoms with Crippen molar-refractivity contribution >= 4 is 5.91 Å². The van der Waals surface area contributed by atoms with Gasteiger partial charge in [0.1, 0.15) is 12.1 Å². The van der Waals surface area contributed by atoms with E-state index in [1.165, 1.54) is 0 Å². The van der Waals surface area contributed by atoms with Crippen LogP contribution in [0.15, 0.2) is 24.3 Å². The molecule has 0 saturated carbocycles. The van der Waals surface area contributed by atoms with Crippen LogP contribution in [-0.2, 0) is 4.79 Å². The van der Waals surface area contributed by atoms with Gasteiger partial charge in [-0.3, -0.25) is 4.79 Å². The first-order valence-corrected chi connectivity index (χ1v) is 5.17. The van der Waals surface area contributed by atoms with Crippen LogP contribution in [-0.4, -0.2) is 41.8 Å². The zero-order valence-electron chi connectivity index (χ0n) is 10.9. The molecule has 0 heterocycles. The molecule has 4 heteroatoms. The maximum atomic E-state index is 11.5. The van der Waals surface area contributed by atoms with Crippen LogP contribution in [0.4, 0.5) is 0 Å². The lowest BCUT2D eigenvalue weighted by Crippen LogP contribution is -2.60. The van der Waals surface area contributed by atoms with Gasteiger partial charge in [0.15, 0.2) is 0 Å². The quantitative estimate of drug-likeness (QED) is 0.318. The van der Waals surface area contributed by atoms with Crippen molar-refractivity contribution in [3.63, 3.8) is 0 Å². The summed E-state index contributed by atoms with van der Waals surface area (Å²) < 4.78 is 0.172. The Morgan fingerprint density at radius 3 is 2.12 bits per heavy atom. The van der Waals surface area contributed by atoms with Crippen molar-refractivity contribution < 1.29 is 14.5 Å². The first kappa shape index (κ1) is 14.9. The monoisotopic (exact) mass is 227 g/mol. The van der Waals surface area contributed by atoms with E-state index in [0.717, 1.165) is 0 Å². The van der Waals surface area contributed by atoms with E-state index in [4.69, 9.17) is 0 Å². The van der Waals surface area contributed by atoms with Gasteiger partial charge in [0.05, 0.1) is 14.1 Å². The SMILES string of the molecule is C=C(C)C(=O)N[N+](C)(C)CC(C)(O)C(=C)C. The number of hydrogen-bond donors (Lipinski definition) is 2. The highest BCUT2D eigenvalue weighted by Gasteiger charge is 2.33. The van der Waals surface area contributed by atoms with Gasteiger partial charge in [0.25, 0.3) is 5.91 Å². The molecule has 0 spiro atoms. The Kier molecular flexibility index (Phi) is 4.46. The molecule has 0 saturated heterocycles. The van der Waals surface area contributed by atoms with Crippen LogP contribution in [0, 0.1) is 0 Å². The molecule has 0 aliphatic heterocycles. The van der Waals surface area contributed by atoms with Crippen molar-refractivity contribution in [1.82, 2.24) is 5.43 Å². The van der Waals surface area contributed by atoms with E-state index in [1.54, 1.807) is 34.9 Å². The molecule has 0 radical (unpaired) electrons. The predicted molar refractivity (Wildman–Crippen MR) is 65.4 cm³/mol. The lowest BCUT2D eigenvalue weighted by molar-refractivity contribution is -0.929. The van der Waals surface area contributed by atoms with Crippen LogP contribution in [0.3, 0.4) is 0 Å². The first-order valence-electron chi connectivity index (χ1n) is 5.17. The molecule has 0 aromatic carbocycles. The second-order valence-corrected chi connectivity index (χ2v) is 5.12. The topological polar surface area (TPSA) is 49.3 Å². The predicted octanol–water partition coefficient (Wildman–Crippen LogP) is 0.997. The van der Waals surface area contributed by atoms with Gasteiger partial charge < -0.3 is 5.11 Å². The minimum Gasteiger partial charge on any atom is -0.380 e. The van der Waals surface area contributed by atoms with Crippen molar-refractivity contribution in [3.8, 4) is 0 Å². The number of nitrogens with one attached hydrogen (secondary N) is 1. The van der Waals surface area contributed by atoms with Crippen molar-refractivity contribution in [2.75, 3.05) is 20.6 Å². The zero-order chi connectivity index (χ0) is 13.1. The smallest absolute Gasteiger partial charge is 0.290 e. The van der Waals surface area contributed by atoms with Gasteiger partial charge in [-0.15, -0.1) is 0 Å². The third-order valence-corrected chi connectivity index (χ3v) is 2.41. The Labute approximate surface area is 97.8 Å². The molecule has 0 aliphatic carbocycles. The number of hydrogen-bond acceptors (Lipinski definition) is 2. The number of carbonyl (C=O) groups excluding carboxylic acids is 1. The minimum atomic E-state index is -1.01. The van der Waals surface area contributed by atoms with Crippen LogP contribution in [0.2, 0.25) is 0 Å². The number of quaternary nitrogens is 1. The molecule has 16 heavy (non-hydrogen) atoms. The van der Waals surface area contributed by atoms with Crippen molar-refractivity contribution in [1.29, 1.82) is 0 Å². The minimum absolute atomic E-state index is 0.172. The third kappa shape index (κ3) is 4.59. The summed E-state index contributed by atoms with van der Waals surface area (Å²) in [6.45, 7) is 12.7. The molecule has 1 unspecified atom stereocenters. The highest BCUT2D eigenvalue weighted by Crippen LogP contribution is 2.16. The summed E-state index contributed by atoms with van der Waals surface area (Å²) in [6, 6.07) is 0. The van der Waals surface area contributed by atoms with Crippen molar-refractivity contribution in [3.05, 3.63) is 24.3 Å². The summed E-state index contributed by atoms with van der Waals surface area (Å²) in [5, 5.41) is 10.1. The Bertz CT molecular complexity index is 317. The van der Waals surface area contributed by atoms with E-state index < -0.39 is 5.60 Å².